The number of nitrogens with one attached hydrogen (secondary N) is 1. The Bertz CT molecular complexity index is 799. The van der Waals surface area contributed by atoms with Crippen molar-refractivity contribution in [2.24, 2.45) is 0 Å². The quantitative estimate of drug-likeness (QED) is 0.732. The minimum atomic E-state index is -0.413. The lowest BCUT2D eigenvalue weighted by Gasteiger charge is -2.20. The van der Waals surface area contributed by atoms with E-state index >= 15 is 0 Å². The Labute approximate surface area is 126 Å². The van der Waals surface area contributed by atoms with Crippen LogP contribution in [0.1, 0.15) is 24.3 Å². The van der Waals surface area contributed by atoms with E-state index in [0.29, 0.717) is 11.3 Å². The maximum atomic E-state index is 11.9. The molecule has 0 aliphatic rings. The predicted molar refractivity (Wildman–Crippen MR) is 87.8 cm³/mol. The second-order valence-corrected chi connectivity index (χ2v) is 5.87. The average Bonchev–Trinajstić information content (AvgIpc) is 3.05. The van der Waals surface area contributed by atoms with Crippen molar-refractivity contribution in [2.75, 3.05) is 5.32 Å². The summed E-state index contributed by atoms with van der Waals surface area (Å²) in [5.41, 5.74) is 0.946. The number of anilines is 1. The molecule has 0 unspecified atom stereocenters. The van der Waals surface area contributed by atoms with E-state index in [4.69, 9.17) is 0 Å². The Morgan fingerprint density at radius 1 is 1.05 bits per heavy atom. The van der Waals surface area contributed by atoms with Gasteiger partial charge in [0.1, 0.15) is 0 Å². The van der Waals surface area contributed by atoms with Crippen LogP contribution in [0.4, 0.5) is 5.69 Å². The monoisotopic (exact) mass is 297 g/mol. The van der Waals surface area contributed by atoms with Crippen molar-refractivity contribution >= 4 is 17.0 Å². The fraction of sp³-hybridized carbons (Fsp3) is 0.176. The molecule has 106 valence electrons. The molecule has 3 aromatic rings. The molecule has 1 aromatic heterocycles. The van der Waals surface area contributed by atoms with E-state index in [1.807, 2.05) is 47.8 Å². The maximum Gasteiger partial charge on any atom is 0.250 e. The van der Waals surface area contributed by atoms with Gasteiger partial charge >= 0.3 is 0 Å². The highest BCUT2D eigenvalue weighted by Crippen LogP contribution is 2.30. The van der Waals surface area contributed by atoms with Gasteiger partial charge in [0, 0.05) is 4.88 Å². The normalized spacial score (nSPS) is 12.4. The lowest BCUT2D eigenvalue weighted by molar-refractivity contribution is 0.761. The lowest BCUT2D eigenvalue weighted by atomic mass is 9.97. The molecule has 0 spiro atoms. The number of hydrogen-bond acceptors (Lipinski definition) is 4. The number of rotatable bonds is 5. The van der Waals surface area contributed by atoms with Crippen molar-refractivity contribution < 1.29 is 0 Å². The standard InChI is InChI=1S/C17H15NO2S/c1-2-12(13-9-6-10-21-13)18-15-14(16(19)17(15)20)11-7-4-3-5-8-11/h3-10,12,18H,2H2,1H3/t12-/m0/s1. The third-order valence-electron chi connectivity index (χ3n) is 3.59. The molecule has 0 radical (unpaired) electrons. The molecular weight excluding hydrogens is 282 g/mol. The summed E-state index contributed by atoms with van der Waals surface area (Å²) in [6.45, 7) is 2.06. The van der Waals surface area contributed by atoms with E-state index in [1.54, 1.807) is 11.3 Å². The second-order valence-electron chi connectivity index (χ2n) is 4.89. The van der Waals surface area contributed by atoms with Crippen molar-refractivity contribution in [2.45, 2.75) is 19.4 Å². The Hall–Kier alpha value is -2.20. The summed E-state index contributed by atoms with van der Waals surface area (Å²) in [6.07, 6.45) is 0.855. The van der Waals surface area contributed by atoms with Gasteiger partial charge in [0.2, 0.25) is 10.9 Å². The molecule has 1 N–H and O–H groups in total. The number of thiophene rings is 1. The van der Waals surface area contributed by atoms with Gasteiger partial charge in [0.25, 0.3) is 0 Å². The summed E-state index contributed by atoms with van der Waals surface area (Å²) in [5, 5.41) is 5.27. The van der Waals surface area contributed by atoms with Gasteiger partial charge in [-0.1, -0.05) is 43.3 Å². The summed E-state index contributed by atoms with van der Waals surface area (Å²) in [7, 11) is 0. The van der Waals surface area contributed by atoms with Crippen LogP contribution in [0, 0.1) is 0 Å². The van der Waals surface area contributed by atoms with Crippen molar-refractivity contribution in [3.05, 3.63) is 73.2 Å². The molecule has 1 heterocycles. The number of benzene rings is 1. The van der Waals surface area contributed by atoms with Gasteiger partial charge in [-0.15, -0.1) is 11.3 Å². The molecule has 1 atom stereocenters. The van der Waals surface area contributed by atoms with Gasteiger partial charge < -0.3 is 5.32 Å². The summed E-state index contributed by atoms with van der Waals surface area (Å²) < 4.78 is 0. The van der Waals surface area contributed by atoms with Crippen LogP contribution in [0.5, 0.6) is 0 Å². The van der Waals surface area contributed by atoms with Crippen LogP contribution in [-0.4, -0.2) is 0 Å². The zero-order valence-electron chi connectivity index (χ0n) is 11.6. The molecule has 2 aromatic carbocycles. The van der Waals surface area contributed by atoms with Crippen LogP contribution >= 0.6 is 11.3 Å². The van der Waals surface area contributed by atoms with Gasteiger partial charge in [-0.3, -0.25) is 9.59 Å². The Kier molecular flexibility index (Phi) is 3.71. The average molecular weight is 297 g/mol. The minimum absolute atomic E-state index is 0.0655. The molecule has 3 rings (SSSR count). The highest BCUT2D eigenvalue weighted by Gasteiger charge is 2.24. The maximum absolute atomic E-state index is 11.9. The largest absolute Gasteiger partial charge is 0.374 e. The van der Waals surface area contributed by atoms with Crippen molar-refractivity contribution in [1.82, 2.24) is 0 Å². The van der Waals surface area contributed by atoms with Crippen molar-refractivity contribution in [1.29, 1.82) is 0 Å². The highest BCUT2D eigenvalue weighted by atomic mass is 32.1. The van der Waals surface area contributed by atoms with E-state index in [9.17, 15) is 9.59 Å². The molecule has 0 bridgehead atoms. The van der Waals surface area contributed by atoms with Crippen molar-refractivity contribution in [3.8, 4) is 11.1 Å². The smallest absolute Gasteiger partial charge is 0.250 e. The van der Waals surface area contributed by atoms with Gasteiger partial charge in [0.05, 0.1) is 17.3 Å². The molecule has 4 heteroatoms. The molecule has 0 saturated heterocycles. The first kappa shape index (κ1) is 13.8. The molecular formula is C17H15NO2S. The van der Waals surface area contributed by atoms with Crippen LogP contribution in [0.2, 0.25) is 0 Å². The van der Waals surface area contributed by atoms with Crippen LogP contribution in [0.25, 0.3) is 11.1 Å². The zero-order valence-corrected chi connectivity index (χ0v) is 12.4. The predicted octanol–water partition coefficient (Wildman–Crippen LogP) is 3.57. The molecule has 0 aliphatic heterocycles. The highest BCUT2D eigenvalue weighted by molar-refractivity contribution is 7.10. The first-order chi connectivity index (χ1) is 10.2. The lowest BCUT2D eigenvalue weighted by Crippen LogP contribution is -2.37. The molecule has 0 saturated carbocycles. The molecule has 21 heavy (non-hydrogen) atoms. The summed E-state index contributed by atoms with van der Waals surface area (Å²) in [6, 6.07) is 13.4. The topological polar surface area (TPSA) is 46.2 Å². The van der Waals surface area contributed by atoms with Gasteiger partial charge in [-0.05, 0) is 23.4 Å². The summed E-state index contributed by atoms with van der Waals surface area (Å²) in [5.74, 6) is 0. The fourth-order valence-corrected chi connectivity index (χ4v) is 3.31. The van der Waals surface area contributed by atoms with E-state index in [2.05, 4.69) is 12.2 Å². The van der Waals surface area contributed by atoms with Crippen LogP contribution < -0.4 is 16.2 Å². The fourth-order valence-electron chi connectivity index (χ4n) is 2.45. The van der Waals surface area contributed by atoms with Gasteiger partial charge in [0.15, 0.2) is 0 Å². The third-order valence-corrected chi connectivity index (χ3v) is 4.57. The SMILES string of the molecule is CC[C@H](Nc1c(-c2ccccc2)c(=O)c1=O)c1cccs1. The Morgan fingerprint density at radius 3 is 2.43 bits per heavy atom. The van der Waals surface area contributed by atoms with E-state index in [1.165, 1.54) is 4.88 Å². The summed E-state index contributed by atoms with van der Waals surface area (Å²) in [4.78, 5) is 25.0. The third kappa shape index (κ3) is 2.43. The van der Waals surface area contributed by atoms with Crippen LogP contribution in [0.3, 0.4) is 0 Å². The van der Waals surface area contributed by atoms with Crippen molar-refractivity contribution in [3.63, 3.8) is 0 Å². The first-order valence-corrected chi connectivity index (χ1v) is 7.79. The van der Waals surface area contributed by atoms with Gasteiger partial charge in [-0.25, -0.2) is 0 Å². The molecule has 0 aliphatic carbocycles. The van der Waals surface area contributed by atoms with E-state index in [0.717, 1.165) is 12.0 Å². The minimum Gasteiger partial charge on any atom is -0.374 e. The van der Waals surface area contributed by atoms with E-state index < -0.39 is 10.9 Å². The molecule has 0 amide bonds. The Morgan fingerprint density at radius 2 is 1.81 bits per heavy atom. The Balaban J connectivity index is 1.96. The van der Waals surface area contributed by atoms with Gasteiger partial charge in [-0.2, -0.15) is 0 Å². The van der Waals surface area contributed by atoms with E-state index in [-0.39, 0.29) is 6.04 Å². The zero-order chi connectivity index (χ0) is 14.8. The first-order valence-electron chi connectivity index (χ1n) is 6.91. The second kappa shape index (κ2) is 5.66. The van der Waals surface area contributed by atoms with Crippen LogP contribution in [0.15, 0.2) is 57.4 Å². The number of hydrogen-bond donors (Lipinski definition) is 1. The van der Waals surface area contributed by atoms with Crippen LogP contribution in [-0.2, 0) is 0 Å². The molecule has 3 nitrogen and oxygen atoms in total. The summed E-state index contributed by atoms with van der Waals surface area (Å²) >= 11 is 1.65. The molecule has 0 fully saturated rings.